The summed E-state index contributed by atoms with van der Waals surface area (Å²) < 4.78 is 6.82. The van der Waals surface area contributed by atoms with Gasteiger partial charge in [0.05, 0.1) is 16.6 Å². The number of hydrogen-bond donors (Lipinski definition) is 0. The van der Waals surface area contributed by atoms with Gasteiger partial charge in [-0.2, -0.15) is 0 Å². The molecule has 0 saturated carbocycles. The van der Waals surface area contributed by atoms with Crippen LogP contribution in [0.25, 0.3) is 0 Å². The van der Waals surface area contributed by atoms with Gasteiger partial charge in [0.15, 0.2) is 0 Å². The number of hydrogen-bond acceptors (Lipinski definition) is 4. The van der Waals surface area contributed by atoms with Gasteiger partial charge >= 0.3 is 5.97 Å². The highest BCUT2D eigenvalue weighted by Crippen LogP contribution is 2.29. The molecule has 0 spiro atoms. The Hall–Kier alpha value is -1.95. The summed E-state index contributed by atoms with van der Waals surface area (Å²) in [5.41, 5.74) is 0.0980. The second-order valence-electron chi connectivity index (χ2n) is 5.16. The molecule has 2 heterocycles. The number of rotatable bonds is 2. The van der Waals surface area contributed by atoms with Gasteiger partial charge in [-0.25, -0.2) is 9.78 Å². The number of alkyl halides is 1. The number of benzene rings is 1. The zero-order valence-electron chi connectivity index (χ0n) is 11.9. The zero-order valence-corrected chi connectivity index (χ0v) is 13.5. The van der Waals surface area contributed by atoms with Gasteiger partial charge in [0.1, 0.15) is 5.82 Å². The second kappa shape index (κ2) is 6.44. The standard InChI is InChI=1S/C16H15BrN2O3/c17-12-8-4-5-9-19-14(12)18-10-13(15(19)20)22-16(21)11-6-2-1-3-7-11/h1-3,6-7,10,12H,4-5,8-9H2. The van der Waals surface area contributed by atoms with Crippen molar-refractivity contribution < 1.29 is 9.53 Å². The fourth-order valence-corrected chi connectivity index (χ4v) is 3.17. The first-order chi connectivity index (χ1) is 10.7. The average molecular weight is 363 g/mol. The van der Waals surface area contributed by atoms with Gasteiger partial charge in [0.25, 0.3) is 5.56 Å². The summed E-state index contributed by atoms with van der Waals surface area (Å²) in [6.45, 7) is 0.597. The van der Waals surface area contributed by atoms with E-state index in [1.807, 2.05) is 6.07 Å². The second-order valence-corrected chi connectivity index (χ2v) is 6.26. The molecule has 5 nitrogen and oxygen atoms in total. The maximum Gasteiger partial charge on any atom is 0.343 e. The van der Waals surface area contributed by atoms with Crippen LogP contribution < -0.4 is 10.3 Å². The van der Waals surface area contributed by atoms with Crippen LogP contribution in [0, 0.1) is 0 Å². The van der Waals surface area contributed by atoms with Crippen LogP contribution >= 0.6 is 15.9 Å². The minimum absolute atomic E-state index is 0.0285. The van der Waals surface area contributed by atoms with Gasteiger partial charge in [-0.1, -0.05) is 40.5 Å². The number of aromatic nitrogens is 2. The van der Waals surface area contributed by atoms with E-state index in [2.05, 4.69) is 20.9 Å². The fourth-order valence-electron chi connectivity index (χ4n) is 2.48. The molecule has 1 unspecified atom stereocenters. The number of nitrogens with zero attached hydrogens (tertiary/aromatic N) is 2. The molecular weight excluding hydrogens is 348 g/mol. The van der Waals surface area contributed by atoms with Crippen LogP contribution in [0.3, 0.4) is 0 Å². The van der Waals surface area contributed by atoms with E-state index >= 15 is 0 Å². The van der Waals surface area contributed by atoms with Crippen LogP contribution in [0.2, 0.25) is 0 Å². The van der Waals surface area contributed by atoms with Crippen LogP contribution in [0.4, 0.5) is 0 Å². The Balaban J connectivity index is 1.91. The lowest BCUT2D eigenvalue weighted by Gasteiger charge is -2.13. The van der Waals surface area contributed by atoms with Crippen LogP contribution in [-0.2, 0) is 6.54 Å². The molecule has 3 rings (SSSR count). The number of esters is 1. The Bertz CT molecular complexity index is 743. The normalized spacial score (nSPS) is 17.4. The summed E-state index contributed by atoms with van der Waals surface area (Å²) in [6, 6.07) is 8.59. The molecule has 0 saturated heterocycles. The molecule has 1 atom stereocenters. The maximum atomic E-state index is 12.5. The predicted octanol–water partition coefficient (Wildman–Crippen LogP) is 3.08. The van der Waals surface area contributed by atoms with E-state index in [-0.39, 0.29) is 16.1 Å². The molecule has 1 aromatic carbocycles. The Labute approximate surface area is 136 Å². The van der Waals surface area contributed by atoms with Gasteiger partial charge in [-0.15, -0.1) is 0 Å². The molecule has 2 aromatic rings. The van der Waals surface area contributed by atoms with Crippen molar-refractivity contribution in [1.29, 1.82) is 0 Å². The Morgan fingerprint density at radius 1 is 1.27 bits per heavy atom. The minimum Gasteiger partial charge on any atom is -0.415 e. The summed E-state index contributed by atoms with van der Waals surface area (Å²) in [6.07, 6.45) is 4.22. The Morgan fingerprint density at radius 3 is 2.82 bits per heavy atom. The first kappa shape index (κ1) is 15.0. The van der Waals surface area contributed by atoms with E-state index in [0.717, 1.165) is 19.3 Å². The first-order valence-electron chi connectivity index (χ1n) is 7.18. The third-order valence-corrected chi connectivity index (χ3v) is 4.50. The SMILES string of the molecule is O=C(Oc1cnc2n(c1=O)CCCCC2Br)c1ccccc1. The molecule has 114 valence electrons. The highest BCUT2D eigenvalue weighted by molar-refractivity contribution is 9.09. The highest BCUT2D eigenvalue weighted by atomic mass is 79.9. The van der Waals surface area contributed by atoms with Crippen LogP contribution in [-0.4, -0.2) is 15.5 Å². The number of halogens is 1. The summed E-state index contributed by atoms with van der Waals surface area (Å²) in [5.74, 6) is 0.116. The predicted molar refractivity (Wildman–Crippen MR) is 85.4 cm³/mol. The first-order valence-corrected chi connectivity index (χ1v) is 8.09. The van der Waals surface area contributed by atoms with Gasteiger partial charge in [-0.05, 0) is 25.0 Å². The third kappa shape index (κ3) is 2.97. The summed E-state index contributed by atoms with van der Waals surface area (Å²) in [4.78, 5) is 28.9. The summed E-state index contributed by atoms with van der Waals surface area (Å²) in [7, 11) is 0. The van der Waals surface area contributed by atoms with E-state index < -0.39 is 5.97 Å². The monoisotopic (exact) mass is 362 g/mol. The fraction of sp³-hybridized carbons (Fsp3) is 0.312. The number of fused-ring (bicyclic) bond motifs is 1. The lowest BCUT2D eigenvalue weighted by atomic mass is 10.2. The lowest BCUT2D eigenvalue weighted by Crippen LogP contribution is -2.27. The van der Waals surface area contributed by atoms with E-state index in [1.165, 1.54) is 6.20 Å². The quantitative estimate of drug-likeness (QED) is 0.608. The molecule has 1 aliphatic heterocycles. The summed E-state index contributed by atoms with van der Waals surface area (Å²) >= 11 is 3.55. The van der Waals surface area contributed by atoms with Crippen molar-refractivity contribution in [2.24, 2.45) is 0 Å². The van der Waals surface area contributed by atoms with Crippen molar-refractivity contribution in [2.75, 3.05) is 0 Å². The number of carbonyl (C=O) groups is 1. The van der Waals surface area contributed by atoms with E-state index in [9.17, 15) is 9.59 Å². The van der Waals surface area contributed by atoms with Crippen molar-refractivity contribution >= 4 is 21.9 Å². The van der Waals surface area contributed by atoms with E-state index in [4.69, 9.17) is 4.74 Å². The molecule has 0 amide bonds. The molecule has 6 heteroatoms. The molecule has 1 aromatic heterocycles. The molecule has 22 heavy (non-hydrogen) atoms. The molecule has 0 fully saturated rings. The topological polar surface area (TPSA) is 61.2 Å². The smallest absolute Gasteiger partial charge is 0.343 e. The van der Waals surface area contributed by atoms with Crippen molar-refractivity contribution in [3.63, 3.8) is 0 Å². The number of ether oxygens (including phenoxy) is 1. The lowest BCUT2D eigenvalue weighted by molar-refractivity contribution is 0.0730. The Kier molecular flexibility index (Phi) is 4.38. The van der Waals surface area contributed by atoms with Crippen LogP contribution in [0.1, 0.15) is 40.3 Å². The van der Waals surface area contributed by atoms with Crippen molar-refractivity contribution in [2.45, 2.75) is 30.6 Å². The average Bonchev–Trinajstić information content (AvgIpc) is 2.73. The number of carbonyl (C=O) groups excluding carboxylic acids is 1. The minimum atomic E-state index is -0.552. The molecule has 0 radical (unpaired) electrons. The molecular formula is C16H15BrN2O3. The van der Waals surface area contributed by atoms with Gasteiger partial charge in [0.2, 0.25) is 5.75 Å². The van der Waals surface area contributed by atoms with Crippen LogP contribution in [0.5, 0.6) is 5.75 Å². The third-order valence-electron chi connectivity index (χ3n) is 3.63. The van der Waals surface area contributed by atoms with Crippen molar-refractivity contribution in [3.8, 4) is 5.75 Å². The van der Waals surface area contributed by atoms with Gasteiger partial charge < -0.3 is 4.74 Å². The van der Waals surface area contributed by atoms with Gasteiger partial charge in [-0.3, -0.25) is 9.36 Å². The van der Waals surface area contributed by atoms with Gasteiger partial charge in [0, 0.05) is 6.54 Å². The largest absolute Gasteiger partial charge is 0.415 e. The zero-order chi connectivity index (χ0) is 15.5. The van der Waals surface area contributed by atoms with E-state index in [0.29, 0.717) is 17.9 Å². The van der Waals surface area contributed by atoms with E-state index in [1.54, 1.807) is 28.8 Å². The molecule has 0 bridgehead atoms. The Morgan fingerprint density at radius 2 is 2.05 bits per heavy atom. The van der Waals surface area contributed by atoms with Crippen molar-refractivity contribution in [3.05, 3.63) is 58.3 Å². The maximum absolute atomic E-state index is 12.5. The molecule has 0 aliphatic carbocycles. The summed E-state index contributed by atoms with van der Waals surface area (Å²) in [5, 5.41) is 0. The van der Waals surface area contributed by atoms with Crippen LogP contribution in [0.15, 0.2) is 41.3 Å². The van der Waals surface area contributed by atoms with Crippen molar-refractivity contribution in [1.82, 2.24) is 9.55 Å². The highest BCUT2D eigenvalue weighted by Gasteiger charge is 2.21. The molecule has 0 N–H and O–H groups in total. The molecule has 1 aliphatic rings.